The van der Waals surface area contributed by atoms with E-state index >= 15 is 0 Å². The molecule has 8 atom stereocenters. The molecule has 4 aliphatic heterocycles. The second-order valence-corrected chi connectivity index (χ2v) is 9.31. The Morgan fingerprint density at radius 2 is 1.77 bits per heavy atom. The highest BCUT2D eigenvalue weighted by atomic mass is 35.5. The van der Waals surface area contributed by atoms with Crippen LogP contribution in [-0.2, 0) is 19.2 Å². The van der Waals surface area contributed by atoms with Crippen LogP contribution in [0.1, 0.15) is 58.1 Å². The van der Waals surface area contributed by atoms with Gasteiger partial charge < -0.3 is 9.47 Å². The van der Waals surface area contributed by atoms with Crippen molar-refractivity contribution in [1.82, 2.24) is 0 Å². The zero-order valence-corrected chi connectivity index (χ0v) is 16.4. The van der Waals surface area contributed by atoms with E-state index in [2.05, 4.69) is 26.0 Å². The number of hydrogen-bond acceptors (Lipinski definition) is 4. The molecule has 5 fully saturated rings. The zero-order valence-electron chi connectivity index (χ0n) is 15.6. The van der Waals surface area contributed by atoms with Crippen molar-refractivity contribution < 1.29 is 19.2 Å². The Morgan fingerprint density at radius 3 is 2.54 bits per heavy atom. The first-order valence-corrected chi connectivity index (χ1v) is 10.3. The smallest absolute Gasteiger partial charge is 0.201 e. The summed E-state index contributed by atoms with van der Waals surface area (Å²) in [6.07, 6.45) is 3.84. The molecule has 4 heterocycles. The minimum Gasteiger partial charge on any atom is -0.341 e. The summed E-state index contributed by atoms with van der Waals surface area (Å²) in [5.41, 5.74) is 0.664. The van der Waals surface area contributed by atoms with E-state index in [1.807, 2.05) is 19.1 Å². The highest BCUT2D eigenvalue weighted by molar-refractivity contribution is 6.30. The van der Waals surface area contributed by atoms with E-state index in [4.69, 9.17) is 30.8 Å². The molecule has 142 valence electrons. The van der Waals surface area contributed by atoms with Gasteiger partial charge in [0.15, 0.2) is 11.9 Å². The summed E-state index contributed by atoms with van der Waals surface area (Å²) in [7, 11) is 0. The van der Waals surface area contributed by atoms with Gasteiger partial charge in [-0.2, -0.15) is 0 Å². The van der Waals surface area contributed by atoms with E-state index in [1.165, 1.54) is 6.42 Å². The summed E-state index contributed by atoms with van der Waals surface area (Å²) < 4.78 is 13.0. The molecule has 4 nitrogen and oxygen atoms in total. The Morgan fingerprint density at radius 1 is 1.00 bits per heavy atom. The number of ether oxygens (including phenoxy) is 2. The monoisotopic (exact) mass is 378 g/mol. The quantitative estimate of drug-likeness (QED) is 0.624. The molecule has 2 bridgehead atoms. The minimum atomic E-state index is -0.720. The van der Waals surface area contributed by atoms with Gasteiger partial charge in [-0.3, -0.25) is 0 Å². The summed E-state index contributed by atoms with van der Waals surface area (Å²) in [5, 5.41) is 0.745. The number of halogens is 1. The average Bonchev–Trinajstić information content (AvgIpc) is 2.85. The van der Waals surface area contributed by atoms with Gasteiger partial charge in [0.2, 0.25) is 5.79 Å². The van der Waals surface area contributed by atoms with Crippen LogP contribution >= 0.6 is 11.6 Å². The molecular formula is C21H27ClO4. The van der Waals surface area contributed by atoms with Gasteiger partial charge in [-0.1, -0.05) is 37.6 Å². The lowest BCUT2D eigenvalue weighted by Gasteiger charge is -2.60. The van der Waals surface area contributed by atoms with Gasteiger partial charge >= 0.3 is 0 Å². The molecule has 0 amide bonds. The minimum absolute atomic E-state index is 0.0199. The lowest BCUT2D eigenvalue weighted by atomic mass is 9.57. The van der Waals surface area contributed by atoms with Gasteiger partial charge in [0.05, 0.1) is 6.10 Å². The summed E-state index contributed by atoms with van der Waals surface area (Å²) in [5.74, 6) is 0.944. The van der Waals surface area contributed by atoms with Crippen LogP contribution in [0.25, 0.3) is 0 Å². The van der Waals surface area contributed by atoms with Crippen molar-refractivity contribution in [3.05, 3.63) is 34.9 Å². The van der Waals surface area contributed by atoms with Crippen LogP contribution in [0, 0.1) is 23.7 Å². The second-order valence-electron chi connectivity index (χ2n) is 8.88. The van der Waals surface area contributed by atoms with Crippen LogP contribution in [0.2, 0.25) is 5.02 Å². The molecule has 4 saturated heterocycles. The highest BCUT2D eigenvalue weighted by Gasteiger charge is 2.69. The van der Waals surface area contributed by atoms with Crippen LogP contribution in [0.3, 0.4) is 0 Å². The summed E-state index contributed by atoms with van der Waals surface area (Å²) >= 11 is 6.09. The number of fused-ring (bicyclic) bond motifs is 2. The first kappa shape index (κ1) is 17.4. The summed E-state index contributed by atoms with van der Waals surface area (Å²) in [6, 6.07) is 8.01. The molecule has 1 aromatic rings. The molecule has 0 aromatic heterocycles. The van der Waals surface area contributed by atoms with Crippen molar-refractivity contribution in [3.8, 4) is 0 Å². The highest BCUT2D eigenvalue weighted by Crippen LogP contribution is 2.62. The third-order valence-electron chi connectivity index (χ3n) is 7.36. The Balaban J connectivity index is 1.57. The lowest BCUT2D eigenvalue weighted by Crippen LogP contribution is -2.69. The lowest BCUT2D eigenvalue weighted by molar-refractivity contribution is -0.571. The van der Waals surface area contributed by atoms with Crippen molar-refractivity contribution in [2.75, 3.05) is 0 Å². The van der Waals surface area contributed by atoms with Gasteiger partial charge in [-0.15, -0.1) is 0 Å². The van der Waals surface area contributed by atoms with Crippen LogP contribution in [-0.4, -0.2) is 17.7 Å². The molecule has 5 heteroatoms. The van der Waals surface area contributed by atoms with Crippen LogP contribution in [0.4, 0.5) is 0 Å². The maximum absolute atomic E-state index is 6.61. The van der Waals surface area contributed by atoms with Crippen LogP contribution in [0.5, 0.6) is 0 Å². The standard InChI is InChI=1S/C21H27ClO4/c1-12-4-9-17-13(2)18(14-5-7-15(22)8-6-14)23-19-21(17)16(12)10-11-20(3,24-19)25-26-21/h5-8,12-13,16-19H,4,9-11H2,1-3H3/t12-,13-,16+,17+,18+,19-,20+,21-/m1/s1. The first-order chi connectivity index (χ1) is 12.4. The van der Waals surface area contributed by atoms with Crippen LogP contribution < -0.4 is 0 Å². The summed E-state index contributed by atoms with van der Waals surface area (Å²) in [4.78, 5) is 12.1. The van der Waals surface area contributed by atoms with Crippen molar-refractivity contribution in [2.24, 2.45) is 23.7 Å². The molecule has 1 spiro atoms. The van der Waals surface area contributed by atoms with Gasteiger partial charge in [-0.25, -0.2) is 9.78 Å². The van der Waals surface area contributed by atoms with Gasteiger partial charge in [0, 0.05) is 17.4 Å². The Labute approximate surface area is 160 Å². The van der Waals surface area contributed by atoms with Gasteiger partial charge in [0.25, 0.3) is 0 Å². The van der Waals surface area contributed by atoms with Crippen LogP contribution in [0.15, 0.2) is 24.3 Å². The molecular weight excluding hydrogens is 352 g/mol. The molecule has 1 saturated carbocycles. The molecule has 6 rings (SSSR count). The third kappa shape index (κ3) is 2.36. The van der Waals surface area contributed by atoms with Crippen molar-refractivity contribution in [1.29, 1.82) is 0 Å². The van der Waals surface area contributed by atoms with Crippen molar-refractivity contribution in [3.63, 3.8) is 0 Å². The van der Waals surface area contributed by atoms with E-state index in [-0.39, 0.29) is 6.10 Å². The second kappa shape index (κ2) is 5.92. The third-order valence-corrected chi connectivity index (χ3v) is 7.61. The Kier molecular flexibility index (Phi) is 3.97. The Hall–Kier alpha value is -0.650. The SMILES string of the molecule is C[C@H]1[C@@H](c2ccc(Cl)cc2)O[C@@H]2O[C@]3(C)CC[C@H]4[C@H](C)CC[C@@H]1[C@@]24OO3. The fourth-order valence-corrected chi connectivity index (χ4v) is 6.06. The molecule has 0 unspecified atom stereocenters. The normalized spacial score (nSPS) is 50.2. The number of benzene rings is 1. The fourth-order valence-electron chi connectivity index (χ4n) is 5.94. The largest absolute Gasteiger partial charge is 0.341 e. The van der Waals surface area contributed by atoms with Crippen molar-refractivity contribution in [2.45, 2.75) is 70.2 Å². The van der Waals surface area contributed by atoms with Gasteiger partial charge in [-0.05, 0) is 61.6 Å². The molecule has 1 aromatic carbocycles. The molecule has 26 heavy (non-hydrogen) atoms. The maximum Gasteiger partial charge on any atom is 0.201 e. The topological polar surface area (TPSA) is 36.9 Å². The molecule has 5 aliphatic rings. The molecule has 1 aliphatic carbocycles. The van der Waals surface area contributed by atoms with E-state index in [9.17, 15) is 0 Å². The first-order valence-electron chi connectivity index (χ1n) is 9.88. The number of rotatable bonds is 1. The zero-order chi connectivity index (χ0) is 18.1. The maximum atomic E-state index is 6.61. The molecule has 0 N–H and O–H groups in total. The number of hydrogen-bond donors (Lipinski definition) is 0. The van der Waals surface area contributed by atoms with E-state index < -0.39 is 17.7 Å². The van der Waals surface area contributed by atoms with E-state index in [1.54, 1.807) is 0 Å². The fraction of sp³-hybridized carbons (Fsp3) is 0.714. The summed E-state index contributed by atoms with van der Waals surface area (Å²) in [6.45, 7) is 6.59. The predicted octanol–water partition coefficient (Wildman–Crippen LogP) is 5.26. The van der Waals surface area contributed by atoms with E-state index in [0.717, 1.165) is 29.8 Å². The Bertz CT molecular complexity index is 694. The van der Waals surface area contributed by atoms with Crippen molar-refractivity contribution >= 4 is 11.6 Å². The van der Waals surface area contributed by atoms with Gasteiger partial charge in [0.1, 0.15) is 0 Å². The average molecular weight is 379 g/mol. The predicted molar refractivity (Wildman–Crippen MR) is 97.2 cm³/mol. The molecule has 0 radical (unpaired) electrons. The van der Waals surface area contributed by atoms with E-state index in [0.29, 0.717) is 23.7 Å².